The molecule has 3 amide bonds. The van der Waals surface area contributed by atoms with E-state index >= 15 is 0 Å². The van der Waals surface area contributed by atoms with Crippen LogP contribution in [0.15, 0.2) is 24.5 Å². The van der Waals surface area contributed by atoms with Crippen molar-refractivity contribution in [2.45, 2.75) is 45.1 Å². The minimum Gasteiger partial charge on any atom is -0.495 e. The molecule has 0 unspecified atom stereocenters. The highest BCUT2D eigenvalue weighted by Gasteiger charge is 2.35. The van der Waals surface area contributed by atoms with Crippen LogP contribution < -0.4 is 20.7 Å². The van der Waals surface area contributed by atoms with E-state index in [-0.39, 0.29) is 23.9 Å². The van der Waals surface area contributed by atoms with Crippen LogP contribution in [-0.4, -0.2) is 59.6 Å². The summed E-state index contributed by atoms with van der Waals surface area (Å²) in [4.78, 5) is 34.6. The summed E-state index contributed by atoms with van der Waals surface area (Å²) < 4.78 is 5.48. The average molecular weight is 563 g/mol. The Morgan fingerprint density at radius 3 is 2.53 bits per heavy atom. The van der Waals surface area contributed by atoms with Gasteiger partial charge in [-0.05, 0) is 69.2 Å². The molecule has 2 aliphatic rings. The van der Waals surface area contributed by atoms with Crippen LogP contribution in [0.5, 0.6) is 5.75 Å². The third-order valence-corrected chi connectivity index (χ3v) is 7.32. The van der Waals surface area contributed by atoms with Crippen molar-refractivity contribution in [3.63, 3.8) is 0 Å². The van der Waals surface area contributed by atoms with E-state index in [4.69, 9.17) is 21.6 Å². The van der Waals surface area contributed by atoms with E-state index in [0.717, 1.165) is 50.9 Å². The van der Waals surface area contributed by atoms with Gasteiger partial charge in [0.1, 0.15) is 11.8 Å². The van der Waals surface area contributed by atoms with Gasteiger partial charge in [-0.15, -0.1) is 12.4 Å². The van der Waals surface area contributed by atoms with Crippen LogP contribution in [0.3, 0.4) is 0 Å². The van der Waals surface area contributed by atoms with Crippen molar-refractivity contribution in [1.82, 2.24) is 20.2 Å². The van der Waals surface area contributed by atoms with Crippen molar-refractivity contribution in [3.8, 4) is 11.8 Å². The number of hydrogen-bond donors (Lipinski definition) is 3. The number of piperidine rings is 1. The third kappa shape index (κ3) is 7.69. The van der Waals surface area contributed by atoms with Crippen molar-refractivity contribution in [2.75, 3.05) is 37.4 Å². The van der Waals surface area contributed by atoms with Crippen LogP contribution in [0, 0.1) is 23.2 Å². The number of anilines is 2. The van der Waals surface area contributed by atoms with Gasteiger partial charge in [-0.25, -0.2) is 14.8 Å². The fraction of sp³-hybridized carbons (Fsp3) is 0.500. The molecule has 2 fully saturated rings. The predicted octanol–water partition coefficient (Wildman–Crippen LogP) is 4.25. The van der Waals surface area contributed by atoms with Crippen LogP contribution in [0.25, 0.3) is 0 Å². The Bertz CT molecular complexity index is 1160. The number of benzene rings is 1. The summed E-state index contributed by atoms with van der Waals surface area (Å²) >= 11 is 6.53. The molecule has 1 atom stereocenters. The zero-order valence-electron chi connectivity index (χ0n) is 21.5. The van der Waals surface area contributed by atoms with Gasteiger partial charge in [-0.3, -0.25) is 10.1 Å². The lowest BCUT2D eigenvalue weighted by Crippen LogP contribution is -2.44. The summed E-state index contributed by atoms with van der Waals surface area (Å²) in [5, 5.41) is 18.2. The van der Waals surface area contributed by atoms with E-state index < -0.39 is 6.03 Å². The topological polar surface area (TPSA) is 132 Å². The molecule has 1 aromatic heterocycles. The first-order chi connectivity index (χ1) is 17.9. The van der Waals surface area contributed by atoms with Crippen LogP contribution in [0.2, 0.25) is 5.02 Å². The number of nitrogens with zero attached hydrogens (tertiary/aromatic N) is 4. The molecular weight excluding hydrogens is 529 g/mol. The second kappa shape index (κ2) is 13.6. The number of urea groups is 1. The van der Waals surface area contributed by atoms with Gasteiger partial charge in [-0.2, -0.15) is 5.26 Å². The van der Waals surface area contributed by atoms with Gasteiger partial charge < -0.3 is 20.3 Å². The largest absolute Gasteiger partial charge is 0.495 e. The number of aromatic nitrogens is 2. The Kier molecular flexibility index (Phi) is 10.5. The van der Waals surface area contributed by atoms with Crippen LogP contribution in [0.4, 0.5) is 16.3 Å². The van der Waals surface area contributed by atoms with Gasteiger partial charge in [0.2, 0.25) is 5.91 Å². The van der Waals surface area contributed by atoms with Crippen molar-refractivity contribution >= 4 is 47.5 Å². The molecule has 0 bridgehead atoms. The van der Waals surface area contributed by atoms with Gasteiger partial charge in [0.15, 0.2) is 11.5 Å². The number of carbonyl (C=O) groups excluding carboxylic acids is 2. The van der Waals surface area contributed by atoms with Gasteiger partial charge in [0.25, 0.3) is 0 Å². The molecule has 204 valence electrons. The molecule has 2 heterocycles. The maximum atomic E-state index is 12.4. The number of methoxy groups -OCH3 is 1. The number of nitrogens with one attached hydrogen (secondary N) is 3. The van der Waals surface area contributed by atoms with E-state index in [2.05, 4.69) is 32.8 Å². The molecular formula is C26H33Cl2N7O3. The first kappa shape index (κ1) is 29.4. The molecule has 1 saturated carbocycles. The Hall–Kier alpha value is -3.13. The standard InChI is InChI=1S/C26H32ClN7O3.ClH/c1-16(17-6-9-34(10-7-17)25(35)18-3-4-18)29-8-5-19-11-23(37-2)22(12-21(19)27)32-26(36)33-24-15-30-20(13-28)14-31-24;/h11-12,14-18,29H,3-10H2,1-2H3,(H2,31,32,33,36);1H/t16-;/m0./s1. The average Bonchev–Trinajstić information content (AvgIpc) is 3.75. The normalized spacial score (nSPS) is 16.1. The molecule has 0 radical (unpaired) electrons. The second-order valence-electron chi connectivity index (χ2n) is 9.55. The van der Waals surface area contributed by atoms with E-state index in [1.807, 2.05) is 17.0 Å². The van der Waals surface area contributed by atoms with Crippen LogP contribution >= 0.6 is 24.0 Å². The van der Waals surface area contributed by atoms with Gasteiger partial charge in [0.05, 0.1) is 25.2 Å². The molecule has 4 rings (SSSR count). The third-order valence-electron chi connectivity index (χ3n) is 6.97. The fourth-order valence-electron chi connectivity index (χ4n) is 4.58. The summed E-state index contributed by atoms with van der Waals surface area (Å²) in [6.45, 7) is 4.66. The molecule has 2 aromatic rings. The van der Waals surface area contributed by atoms with Crippen molar-refractivity contribution < 1.29 is 14.3 Å². The first-order valence-corrected chi connectivity index (χ1v) is 12.9. The molecule has 3 N–H and O–H groups in total. The van der Waals surface area contributed by atoms with E-state index in [1.54, 1.807) is 6.07 Å². The SMILES string of the molecule is COc1cc(CCN[C@@H](C)C2CCN(C(=O)C3CC3)CC2)c(Cl)cc1NC(=O)Nc1cnc(C#N)cn1.Cl. The summed E-state index contributed by atoms with van der Waals surface area (Å²) in [7, 11) is 1.53. The van der Waals surface area contributed by atoms with Gasteiger partial charge in [0, 0.05) is 30.1 Å². The van der Waals surface area contributed by atoms with Crippen LogP contribution in [-0.2, 0) is 11.2 Å². The highest BCUT2D eigenvalue weighted by atomic mass is 35.5. The van der Waals surface area contributed by atoms with Gasteiger partial charge >= 0.3 is 6.03 Å². The summed E-state index contributed by atoms with van der Waals surface area (Å²) in [5.41, 5.74) is 1.49. The minimum atomic E-state index is -0.540. The maximum absolute atomic E-state index is 12.4. The Morgan fingerprint density at radius 2 is 1.92 bits per heavy atom. The molecule has 38 heavy (non-hydrogen) atoms. The molecule has 1 aromatic carbocycles. The van der Waals surface area contributed by atoms with Gasteiger partial charge in [-0.1, -0.05) is 11.6 Å². The summed E-state index contributed by atoms with van der Waals surface area (Å²) in [6.07, 6.45) is 7.44. The van der Waals surface area contributed by atoms with Crippen LogP contribution in [0.1, 0.15) is 43.9 Å². The monoisotopic (exact) mass is 561 g/mol. The molecule has 12 heteroatoms. The lowest BCUT2D eigenvalue weighted by molar-refractivity contribution is -0.134. The van der Waals surface area contributed by atoms with Crippen molar-refractivity contribution in [1.29, 1.82) is 5.26 Å². The zero-order valence-corrected chi connectivity index (χ0v) is 23.1. The second-order valence-corrected chi connectivity index (χ2v) is 9.96. The Balaban J connectivity index is 0.00000400. The number of halogens is 2. The lowest BCUT2D eigenvalue weighted by Gasteiger charge is -2.35. The summed E-state index contributed by atoms with van der Waals surface area (Å²) in [5.74, 6) is 1.88. The number of amides is 3. The quantitative estimate of drug-likeness (QED) is 0.416. The number of ether oxygens (including phenoxy) is 1. The lowest BCUT2D eigenvalue weighted by atomic mass is 9.90. The molecule has 10 nitrogen and oxygen atoms in total. The zero-order chi connectivity index (χ0) is 26.4. The Morgan fingerprint density at radius 1 is 1.18 bits per heavy atom. The molecule has 1 aliphatic heterocycles. The summed E-state index contributed by atoms with van der Waals surface area (Å²) in [6, 6.07) is 5.16. The Labute approximate surface area is 233 Å². The molecule has 0 spiro atoms. The number of rotatable bonds is 9. The molecule has 1 saturated heterocycles. The van der Waals surface area contributed by atoms with Crippen molar-refractivity contribution in [2.24, 2.45) is 11.8 Å². The van der Waals surface area contributed by atoms with E-state index in [9.17, 15) is 9.59 Å². The van der Waals surface area contributed by atoms with Crippen molar-refractivity contribution in [3.05, 3.63) is 40.8 Å². The number of nitriles is 1. The number of hydrogen-bond acceptors (Lipinski definition) is 7. The number of likely N-dealkylation sites (tertiary alicyclic amines) is 1. The molecule has 1 aliphatic carbocycles. The first-order valence-electron chi connectivity index (χ1n) is 12.6. The highest BCUT2D eigenvalue weighted by Crippen LogP contribution is 2.33. The van der Waals surface area contributed by atoms with E-state index in [0.29, 0.717) is 46.7 Å². The minimum absolute atomic E-state index is 0. The fourth-order valence-corrected chi connectivity index (χ4v) is 4.84. The van der Waals surface area contributed by atoms with E-state index in [1.165, 1.54) is 19.5 Å². The maximum Gasteiger partial charge on any atom is 0.325 e. The number of carbonyl (C=O) groups is 2. The predicted molar refractivity (Wildman–Crippen MR) is 148 cm³/mol. The highest BCUT2D eigenvalue weighted by molar-refractivity contribution is 6.31. The smallest absolute Gasteiger partial charge is 0.325 e.